The van der Waals surface area contributed by atoms with Gasteiger partial charge in [0.15, 0.2) is 5.58 Å². The third-order valence-corrected chi connectivity index (χ3v) is 3.53. The molecule has 0 saturated carbocycles. The molecule has 92 valence electrons. The van der Waals surface area contributed by atoms with Crippen LogP contribution in [0.5, 0.6) is 0 Å². The van der Waals surface area contributed by atoms with Crippen LogP contribution in [0.1, 0.15) is 32.6 Å². The summed E-state index contributed by atoms with van der Waals surface area (Å²) in [6, 6.07) is 5.61. The monoisotopic (exact) mass is 315 g/mol. The van der Waals surface area contributed by atoms with Gasteiger partial charge in [-0.05, 0) is 23.6 Å². The van der Waals surface area contributed by atoms with Crippen molar-refractivity contribution in [1.82, 2.24) is 0 Å². The SMILES string of the molecule is CC(C)(C)C(N)c1cc2cc(Br)cc(Cl)c2o1. The maximum absolute atomic E-state index is 6.18. The fourth-order valence-corrected chi connectivity index (χ4v) is 2.55. The number of halogens is 2. The van der Waals surface area contributed by atoms with Crippen molar-refractivity contribution in [2.45, 2.75) is 26.8 Å². The van der Waals surface area contributed by atoms with Crippen molar-refractivity contribution < 1.29 is 4.42 Å². The molecule has 1 aromatic carbocycles. The summed E-state index contributed by atoms with van der Waals surface area (Å²) in [5.74, 6) is 0.771. The highest BCUT2D eigenvalue weighted by molar-refractivity contribution is 9.10. The summed E-state index contributed by atoms with van der Waals surface area (Å²) in [4.78, 5) is 0. The fourth-order valence-electron chi connectivity index (χ4n) is 1.68. The van der Waals surface area contributed by atoms with E-state index in [0.717, 1.165) is 15.6 Å². The Kier molecular flexibility index (Phi) is 3.27. The molecular formula is C13H15BrClNO. The lowest BCUT2D eigenvalue weighted by Gasteiger charge is -2.24. The van der Waals surface area contributed by atoms with E-state index in [9.17, 15) is 0 Å². The van der Waals surface area contributed by atoms with Crippen LogP contribution in [0, 0.1) is 5.41 Å². The molecule has 1 atom stereocenters. The van der Waals surface area contributed by atoms with Gasteiger partial charge in [-0.2, -0.15) is 0 Å². The van der Waals surface area contributed by atoms with E-state index >= 15 is 0 Å². The van der Waals surface area contributed by atoms with Crippen LogP contribution in [0.2, 0.25) is 5.02 Å². The predicted molar refractivity (Wildman–Crippen MR) is 75.3 cm³/mol. The molecular weight excluding hydrogens is 302 g/mol. The van der Waals surface area contributed by atoms with E-state index in [0.29, 0.717) is 10.6 Å². The Hall–Kier alpha value is -0.510. The summed E-state index contributed by atoms with van der Waals surface area (Å²) >= 11 is 9.54. The Morgan fingerprint density at radius 1 is 1.29 bits per heavy atom. The van der Waals surface area contributed by atoms with Crippen molar-refractivity contribution in [2.75, 3.05) is 0 Å². The number of rotatable bonds is 1. The molecule has 0 bridgehead atoms. The zero-order valence-corrected chi connectivity index (χ0v) is 12.4. The second-order valence-corrected chi connectivity index (χ2v) is 6.62. The quantitative estimate of drug-likeness (QED) is 0.813. The topological polar surface area (TPSA) is 39.2 Å². The molecule has 0 aliphatic heterocycles. The molecule has 2 aromatic rings. The highest BCUT2D eigenvalue weighted by Crippen LogP contribution is 2.36. The summed E-state index contributed by atoms with van der Waals surface area (Å²) in [5, 5.41) is 1.57. The Bertz CT molecular complexity index is 556. The van der Waals surface area contributed by atoms with E-state index in [4.69, 9.17) is 21.8 Å². The van der Waals surface area contributed by atoms with E-state index < -0.39 is 0 Å². The zero-order chi connectivity index (χ0) is 12.8. The number of benzene rings is 1. The van der Waals surface area contributed by atoms with Gasteiger partial charge in [0.1, 0.15) is 5.76 Å². The smallest absolute Gasteiger partial charge is 0.153 e. The van der Waals surface area contributed by atoms with Gasteiger partial charge in [-0.1, -0.05) is 48.3 Å². The summed E-state index contributed by atoms with van der Waals surface area (Å²) in [6.07, 6.45) is 0. The number of fused-ring (bicyclic) bond motifs is 1. The molecule has 0 aliphatic carbocycles. The third kappa shape index (κ3) is 2.51. The average Bonchev–Trinajstić information content (AvgIpc) is 2.58. The second kappa shape index (κ2) is 4.30. The Labute approximate surface area is 114 Å². The van der Waals surface area contributed by atoms with Gasteiger partial charge in [0.25, 0.3) is 0 Å². The average molecular weight is 317 g/mol. The highest BCUT2D eigenvalue weighted by atomic mass is 79.9. The molecule has 1 aromatic heterocycles. The van der Waals surface area contributed by atoms with Gasteiger partial charge in [-0.15, -0.1) is 0 Å². The van der Waals surface area contributed by atoms with Crippen LogP contribution in [-0.2, 0) is 0 Å². The van der Waals surface area contributed by atoms with Gasteiger partial charge < -0.3 is 10.2 Å². The Balaban J connectivity index is 2.56. The van der Waals surface area contributed by atoms with E-state index in [1.54, 1.807) is 0 Å². The number of furan rings is 1. The second-order valence-electron chi connectivity index (χ2n) is 5.30. The molecule has 2 N–H and O–H groups in total. The van der Waals surface area contributed by atoms with Crippen LogP contribution >= 0.6 is 27.5 Å². The van der Waals surface area contributed by atoms with Crippen LogP contribution in [0.25, 0.3) is 11.0 Å². The van der Waals surface area contributed by atoms with Gasteiger partial charge in [0.2, 0.25) is 0 Å². The molecule has 4 heteroatoms. The Morgan fingerprint density at radius 2 is 1.94 bits per heavy atom. The largest absolute Gasteiger partial charge is 0.458 e. The first-order valence-electron chi connectivity index (χ1n) is 5.43. The van der Waals surface area contributed by atoms with Crippen LogP contribution in [0.15, 0.2) is 27.1 Å². The van der Waals surface area contributed by atoms with Crippen LogP contribution < -0.4 is 5.73 Å². The normalized spacial score (nSPS) is 14.2. The Morgan fingerprint density at radius 3 is 2.53 bits per heavy atom. The number of nitrogens with two attached hydrogens (primary N) is 1. The lowest BCUT2D eigenvalue weighted by molar-refractivity contribution is 0.290. The highest BCUT2D eigenvalue weighted by Gasteiger charge is 2.25. The third-order valence-electron chi connectivity index (χ3n) is 2.79. The van der Waals surface area contributed by atoms with E-state index in [1.165, 1.54) is 0 Å². The van der Waals surface area contributed by atoms with E-state index in [-0.39, 0.29) is 11.5 Å². The molecule has 2 rings (SSSR count). The van der Waals surface area contributed by atoms with Gasteiger partial charge in [-0.25, -0.2) is 0 Å². The van der Waals surface area contributed by atoms with Crippen molar-refractivity contribution in [3.63, 3.8) is 0 Å². The fraction of sp³-hybridized carbons (Fsp3) is 0.385. The van der Waals surface area contributed by atoms with Gasteiger partial charge in [0, 0.05) is 9.86 Å². The molecule has 0 amide bonds. The van der Waals surface area contributed by atoms with Crippen LogP contribution in [0.3, 0.4) is 0 Å². The maximum Gasteiger partial charge on any atom is 0.153 e. The molecule has 0 fully saturated rings. The summed E-state index contributed by atoms with van der Waals surface area (Å²) < 4.78 is 6.70. The molecule has 2 nitrogen and oxygen atoms in total. The first-order valence-corrected chi connectivity index (χ1v) is 6.60. The van der Waals surface area contributed by atoms with E-state index in [1.807, 2.05) is 18.2 Å². The minimum atomic E-state index is -0.148. The summed E-state index contributed by atoms with van der Waals surface area (Å²) in [7, 11) is 0. The lowest BCUT2D eigenvalue weighted by Crippen LogP contribution is -2.25. The molecule has 0 saturated heterocycles. The summed E-state index contributed by atoms with van der Waals surface area (Å²) in [5.41, 5.74) is 6.83. The van der Waals surface area contributed by atoms with Crippen molar-refractivity contribution in [3.05, 3.63) is 33.5 Å². The van der Waals surface area contributed by atoms with Gasteiger partial charge in [0.05, 0.1) is 11.1 Å². The van der Waals surface area contributed by atoms with Crippen molar-refractivity contribution in [3.8, 4) is 0 Å². The maximum atomic E-state index is 6.18. The number of hydrogen-bond donors (Lipinski definition) is 1. The first-order chi connectivity index (χ1) is 7.79. The minimum absolute atomic E-state index is 0.0441. The minimum Gasteiger partial charge on any atom is -0.458 e. The predicted octanol–water partition coefficient (Wildman–Crippen LogP) is 4.89. The summed E-state index contributed by atoms with van der Waals surface area (Å²) in [6.45, 7) is 6.26. The molecule has 0 aliphatic rings. The van der Waals surface area contributed by atoms with Crippen molar-refractivity contribution >= 4 is 38.5 Å². The first kappa shape index (κ1) is 12.9. The molecule has 1 heterocycles. The zero-order valence-electron chi connectivity index (χ0n) is 10.1. The van der Waals surface area contributed by atoms with Crippen molar-refractivity contribution in [1.29, 1.82) is 0 Å². The van der Waals surface area contributed by atoms with Gasteiger partial charge in [-0.3, -0.25) is 0 Å². The van der Waals surface area contributed by atoms with Gasteiger partial charge >= 0.3 is 0 Å². The molecule has 0 spiro atoms. The standard InChI is InChI=1S/C13H15BrClNO/c1-13(2,3)12(16)10-5-7-4-8(14)6-9(15)11(7)17-10/h4-6,12H,16H2,1-3H3. The molecule has 0 radical (unpaired) electrons. The van der Waals surface area contributed by atoms with Crippen LogP contribution in [-0.4, -0.2) is 0 Å². The molecule has 17 heavy (non-hydrogen) atoms. The van der Waals surface area contributed by atoms with E-state index in [2.05, 4.69) is 36.7 Å². The van der Waals surface area contributed by atoms with Crippen molar-refractivity contribution in [2.24, 2.45) is 11.1 Å². The van der Waals surface area contributed by atoms with Crippen LogP contribution in [0.4, 0.5) is 0 Å². The lowest BCUT2D eigenvalue weighted by atomic mass is 9.86. The number of hydrogen-bond acceptors (Lipinski definition) is 2. The molecule has 1 unspecified atom stereocenters.